The van der Waals surface area contributed by atoms with Crippen molar-refractivity contribution in [3.8, 4) is 0 Å². The molecule has 0 aromatic rings. The van der Waals surface area contributed by atoms with Crippen LogP contribution in [0, 0.1) is 10.8 Å². The number of hydrogen-bond donors (Lipinski definition) is 1. The Morgan fingerprint density at radius 3 is 3.29 bits per heavy atom. The summed E-state index contributed by atoms with van der Waals surface area (Å²) in [6.45, 7) is 1.61. The number of nitrogens with one attached hydrogen (secondary N) is 1. The zero-order valence-corrected chi connectivity index (χ0v) is 9.70. The van der Waals surface area contributed by atoms with E-state index < -0.39 is 0 Å². The molecule has 86 valence electrons. The van der Waals surface area contributed by atoms with Gasteiger partial charge >= 0.3 is 0 Å². The van der Waals surface area contributed by atoms with Gasteiger partial charge in [-0.05, 0) is 36.0 Å². The van der Waals surface area contributed by atoms with Crippen molar-refractivity contribution in [2.45, 2.75) is 19.3 Å². The predicted octanol–water partition coefficient (Wildman–Crippen LogP) is 2.19. The van der Waals surface area contributed by atoms with Gasteiger partial charge in [-0.25, -0.2) is 0 Å². The van der Waals surface area contributed by atoms with E-state index in [4.69, 9.17) is 0 Å². The first-order valence-corrected chi connectivity index (χ1v) is 6.35. The number of hydrogen-bond acceptors (Lipinski definition) is 2. The molecule has 2 aliphatic heterocycles. The van der Waals surface area contributed by atoms with Crippen molar-refractivity contribution < 1.29 is 4.76 Å². The van der Waals surface area contributed by atoms with Gasteiger partial charge in [0.25, 0.3) is 0 Å². The molecule has 0 aromatic carbocycles. The average molecular weight is 227 g/mol. The van der Waals surface area contributed by atoms with Crippen LogP contribution >= 0.6 is 0 Å². The van der Waals surface area contributed by atoms with Crippen molar-refractivity contribution in [3.63, 3.8) is 0 Å². The number of allylic oxidation sites excluding steroid dienone is 3. The molecule has 2 aliphatic carbocycles. The third-order valence-electron chi connectivity index (χ3n) is 4.26. The third kappa shape index (κ3) is 1.22. The molecule has 0 spiro atoms. The Morgan fingerprint density at radius 1 is 1.41 bits per heavy atom. The molecule has 1 atom stereocenters. The molecule has 3 heteroatoms. The van der Waals surface area contributed by atoms with Crippen LogP contribution in [-0.2, 0) is 0 Å². The van der Waals surface area contributed by atoms with Gasteiger partial charge in [-0.15, -0.1) is 0 Å². The monoisotopic (exact) mass is 227 g/mol. The number of rotatable bonds is 0. The molecular weight excluding hydrogens is 212 g/mol. The molecule has 0 saturated carbocycles. The van der Waals surface area contributed by atoms with E-state index in [1.165, 1.54) is 28.0 Å². The van der Waals surface area contributed by atoms with Gasteiger partial charge < -0.3 is 5.32 Å². The lowest BCUT2D eigenvalue weighted by Gasteiger charge is -2.29. The standard InChI is InChI=1S/C14H15N2O/c17-16-5-4-11-10(8-16)6-9-7-15-13-3-1-2-12(11)14(9)13/h3-5,10,15H,1-2,6-8H2/q+1. The minimum absolute atomic E-state index is 0.422. The van der Waals surface area contributed by atoms with E-state index in [2.05, 4.69) is 11.4 Å². The van der Waals surface area contributed by atoms with Gasteiger partial charge in [0.15, 0.2) is 0 Å². The van der Waals surface area contributed by atoms with Crippen LogP contribution in [0.25, 0.3) is 0 Å². The van der Waals surface area contributed by atoms with E-state index in [9.17, 15) is 4.91 Å². The summed E-state index contributed by atoms with van der Waals surface area (Å²) >= 11 is 0. The quantitative estimate of drug-likeness (QED) is 0.643. The van der Waals surface area contributed by atoms with Crippen LogP contribution in [0.1, 0.15) is 19.3 Å². The fourth-order valence-corrected chi connectivity index (χ4v) is 3.56. The summed E-state index contributed by atoms with van der Waals surface area (Å²) in [6, 6.07) is 0. The Balaban J connectivity index is 1.91. The highest BCUT2D eigenvalue weighted by Gasteiger charge is 2.37. The van der Waals surface area contributed by atoms with Crippen LogP contribution in [0.3, 0.4) is 0 Å². The van der Waals surface area contributed by atoms with Crippen molar-refractivity contribution in [3.05, 3.63) is 51.2 Å². The SMILES string of the molecule is O=[N+]1C=CC2=C3CCC=C4NCC(=C43)CC2C1. The summed E-state index contributed by atoms with van der Waals surface area (Å²) in [4.78, 5) is 11.4. The molecule has 0 aromatic heterocycles. The molecule has 4 rings (SSSR count). The Bertz CT molecular complexity index is 549. The second kappa shape index (κ2) is 3.19. The third-order valence-corrected chi connectivity index (χ3v) is 4.26. The molecule has 0 saturated heterocycles. The summed E-state index contributed by atoms with van der Waals surface area (Å²) in [7, 11) is 0. The second-order valence-corrected chi connectivity index (χ2v) is 5.24. The maximum Gasteiger partial charge on any atom is 0.221 e. The molecule has 0 bridgehead atoms. The molecule has 0 radical (unpaired) electrons. The molecule has 0 amide bonds. The molecule has 2 heterocycles. The van der Waals surface area contributed by atoms with E-state index in [1.807, 2.05) is 6.08 Å². The van der Waals surface area contributed by atoms with E-state index >= 15 is 0 Å². The van der Waals surface area contributed by atoms with Crippen molar-refractivity contribution in [1.29, 1.82) is 0 Å². The lowest BCUT2D eigenvalue weighted by molar-refractivity contribution is -0.488. The zero-order chi connectivity index (χ0) is 11.4. The van der Waals surface area contributed by atoms with Gasteiger partial charge in [-0.3, -0.25) is 0 Å². The first-order chi connectivity index (χ1) is 8.33. The van der Waals surface area contributed by atoms with Crippen LogP contribution in [-0.4, -0.2) is 17.8 Å². The van der Waals surface area contributed by atoms with E-state index in [0.717, 1.165) is 30.6 Å². The van der Waals surface area contributed by atoms with Crippen molar-refractivity contribution in [1.82, 2.24) is 5.32 Å². The number of nitrogens with zero attached hydrogens (tertiary/aromatic N) is 1. The van der Waals surface area contributed by atoms with E-state index in [-0.39, 0.29) is 0 Å². The molecular formula is C14H15N2O+. The normalized spacial score (nSPS) is 30.0. The largest absolute Gasteiger partial charge is 0.381 e. The van der Waals surface area contributed by atoms with Gasteiger partial charge in [0, 0.05) is 33.6 Å². The Morgan fingerprint density at radius 2 is 2.35 bits per heavy atom. The molecule has 17 heavy (non-hydrogen) atoms. The summed E-state index contributed by atoms with van der Waals surface area (Å²) in [5.74, 6) is 0.422. The highest BCUT2D eigenvalue weighted by molar-refractivity contribution is 5.61. The Labute approximate surface area is 100 Å². The van der Waals surface area contributed by atoms with E-state index in [1.54, 1.807) is 6.20 Å². The zero-order valence-electron chi connectivity index (χ0n) is 9.70. The molecule has 4 aliphatic rings. The second-order valence-electron chi connectivity index (χ2n) is 5.24. The summed E-state index contributed by atoms with van der Waals surface area (Å²) in [5.41, 5.74) is 7.26. The Kier molecular flexibility index (Phi) is 1.76. The smallest absolute Gasteiger partial charge is 0.221 e. The fraction of sp³-hybridized carbons (Fsp3) is 0.429. The van der Waals surface area contributed by atoms with Gasteiger partial charge in [0.1, 0.15) is 0 Å². The predicted molar refractivity (Wildman–Crippen MR) is 65.1 cm³/mol. The van der Waals surface area contributed by atoms with Gasteiger partial charge in [0.2, 0.25) is 12.7 Å². The van der Waals surface area contributed by atoms with Crippen molar-refractivity contribution in [2.24, 2.45) is 5.92 Å². The lowest BCUT2D eigenvalue weighted by atomic mass is 9.75. The summed E-state index contributed by atoms with van der Waals surface area (Å²) < 4.78 is 1.07. The van der Waals surface area contributed by atoms with Crippen LogP contribution in [0.15, 0.2) is 46.3 Å². The maximum atomic E-state index is 11.4. The first-order valence-electron chi connectivity index (χ1n) is 6.35. The minimum atomic E-state index is 0.422. The minimum Gasteiger partial charge on any atom is -0.381 e. The van der Waals surface area contributed by atoms with Gasteiger partial charge in [-0.1, -0.05) is 6.08 Å². The first kappa shape index (κ1) is 9.40. The highest BCUT2D eigenvalue weighted by Crippen LogP contribution is 2.45. The van der Waals surface area contributed by atoms with Gasteiger partial charge in [-0.2, -0.15) is 0 Å². The van der Waals surface area contributed by atoms with Crippen molar-refractivity contribution in [2.75, 3.05) is 13.1 Å². The molecule has 1 unspecified atom stereocenters. The van der Waals surface area contributed by atoms with Crippen LogP contribution < -0.4 is 5.32 Å². The number of nitroso groups, excluding NO2 is 1. The molecule has 1 N–H and O–H groups in total. The van der Waals surface area contributed by atoms with Gasteiger partial charge in [0.05, 0.1) is 5.92 Å². The van der Waals surface area contributed by atoms with E-state index in [0.29, 0.717) is 12.5 Å². The Hall–Kier alpha value is -1.64. The molecule has 3 nitrogen and oxygen atoms in total. The van der Waals surface area contributed by atoms with Crippen molar-refractivity contribution >= 4 is 0 Å². The lowest BCUT2D eigenvalue weighted by Crippen LogP contribution is -2.25. The summed E-state index contributed by atoms with van der Waals surface area (Å²) in [6.07, 6.45) is 9.37. The van der Waals surface area contributed by atoms with Crippen LogP contribution in [0.2, 0.25) is 0 Å². The summed E-state index contributed by atoms with van der Waals surface area (Å²) in [5, 5.41) is 3.49. The van der Waals surface area contributed by atoms with Crippen LogP contribution in [0.5, 0.6) is 0 Å². The fourth-order valence-electron chi connectivity index (χ4n) is 3.56. The molecule has 0 fully saturated rings. The van der Waals surface area contributed by atoms with Crippen LogP contribution in [0.4, 0.5) is 0 Å². The number of fused-ring (bicyclic) bond motifs is 1. The average Bonchev–Trinajstić information content (AvgIpc) is 2.74. The topological polar surface area (TPSA) is 32.1 Å². The maximum absolute atomic E-state index is 11.4. The highest BCUT2D eigenvalue weighted by atomic mass is 16.3.